The first-order valence-corrected chi connectivity index (χ1v) is 11.3. The van der Waals surface area contributed by atoms with Crippen LogP contribution in [0.5, 0.6) is 0 Å². The Morgan fingerprint density at radius 2 is 1.46 bits per heavy atom. The fourth-order valence-corrected chi connectivity index (χ4v) is 6.87. The first-order valence-electron chi connectivity index (χ1n) is 11.3. The Morgan fingerprint density at radius 3 is 2.04 bits per heavy atom. The molecule has 0 unspecified atom stereocenters. The Kier molecular flexibility index (Phi) is 4.68. The maximum Gasteiger partial charge on any atom is 0.251 e. The molecule has 5 aliphatic rings. The normalized spacial score (nSPS) is 33.8. The molecule has 4 bridgehead atoms. The molecule has 1 aromatic carbocycles. The van der Waals surface area contributed by atoms with Gasteiger partial charge in [-0.3, -0.25) is 9.59 Å². The summed E-state index contributed by atoms with van der Waals surface area (Å²) in [5.41, 5.74) is 1.69. The van der Waals surface area contributed by atoms with Crippen molar-refractivity contribution in [2.45, 2.75) is 76.8 Å². The van der Waals surface area contributed by atoms with Crippen LogP contribution in [0.15, 0.2) is 24.3 Å². The van der Waals surface area contributed by atoms with Crippen LogP contribution in [0.2, 0.25) is 0 Å². The summed E-state index contributed by atoms with van der Waals surface area (Å²) in [6, 6.07) is 8.06. The van der Waals surface area contributed by atoms with Gasteiger partial charge in [0.2, 0.25) is 5.91 Å². The number of nitrogens with one attached hydrogen (secondary N) is 2. The highest BCUT2D eigenvalue weighted by Gasteiger charge is 2.54. The van der Waals surface area contributed by atoms with Crippen LogP contribution in [0, 0.1) is 23.2 Å². The van der Waals surface area contributed by atoms with Crippen molar-refractivity contribution in [3.8, 4) is 0 Å². The first-order chi connectivity index (χ1) is 13.6. The maximum absolute atomic E-state index is 13.1. The highest BCUT2D eigenvalue weighted by atomic mass is 16.2. The molecule has 6 rings (SSSR count). The summed E-state index contributed by atoms with van der Waals surface area (Å²) in [4.78, 5) is 25.4. The van der Waals surface area contributed by atoms with Crippen LogP contribution in [0.3, 0.4) is 0 Å². The molecule has 0 aliphatic heterocycles. The van der Waals surface area contributed by atoms with Crippen LogP contribution < -0.4 is 10.6 Å². The quantitative estimate of drug-likeness (QED) is 0.805. The average molecular weight is 381 g/mol. The lowest BCUT2D eigenvalue weighted by molar-refractivity contribution is -0.146. The number of hydrogen-bond donors (Lipinski definition) is 2. The molecule has 1 aromatic rings. The molecule has 4 nitrogen and oxygen atoms in total. The van der Waals surface area contributed by atoms with Gasteiger partial charge in [-0.1, -0.05) is 25.0 Å². The van der Waals surface area contributed by atoms with Gasteiger partial charge in [0, 0.05) is 23.6 Å². The molecule has 0 radical (unpaired) electrons. The second-order valence-electron chi connectivity index (χ2n) is 10.0. The number of carbonyl (C=O) groups is 2. The molecule has 2 amide bonds. The minimum atomic E-state index is -0.0874. The van der Waals surface area contributed by atoms with Crippen molar-refractivity contribution < 1.29 is 9.59 Å². The molecule has 5 aliphatic carbocycles. The van der Waals surface area contributed by atoms with E-state index in [1.807, 2.05) is 24.3 Å². The van der Waals surface area contributed by atoms with E-state index in [-0.39, 0.29) is 17.2 Å². The fourth-order valence-electron chi connectivity index (χ4n) is 6.87. The molecular weight excluding hydrogens is 348 g/mol. The maximum atomic E-state index is 13.1. The van der Waals surface area contributed by atoms with Gasteiger partial charge < -0.3 is 10.6 Å². The van der Waals surface area contributed by atoms with E-state index in [9.17, 15) is 9.59 Å². The SMILES string of the molecule is O=C(NC1CCCC1)c1ccc(CNC(=O)C23CC4CC(CC(C4)C2)C3)cc1. The lowest BCUT2D eigenvalue weighted by Crippen LogP contribution is -2.53. The summed E-state index contributed by atoms with van der Waals surface area (Å²) >= 11 is 0. The number of rotatable bonds is 5. The fraction of sp³-hybridized carbons (Fsp3) is 0.667. The summed E-state index contributed by atoms with van der Waals surface area (Å²) in [5, 5.41) is 6.35. The molecule has 150 valence electrons. The second kappa shape index (κ2) is 7.20. The summed E-state index contributed by atoms with van der Waals surface area (Å²) in [6.07, 6.45) is 12.0. The predicted octanol–water partition coefficient (Wildman–Crippen LogP) is 4.19. The third kappa shape index (κ3) is 3.46. The Balaban J connectivity index is 1.17. The summed E-state index contributed by atoms with van der Waals surface area (Å²) in [7, 11) is 0. The monoisotopic (exact) mass is 380 g/mol. The number of benzene rings is 1. The molecule has 0 saturated heterocycles. The Bertz CT molecular complexity index is 713. The molecule has 0 heterocycles. The third-order valence-corrected chi connectivity index (χ3v) is 7.88. The largest absolute Gasteiger partial charge is 0.352 e. The van der Waals surface area contributed by atoms with E-state index in [1.54, 1.807) is 0 Å². The second-order valence-corrected chi connectivity index (χ2v) is 10.0. The smallest absolute Gasteiger partial charge is 0.251 e. The zero-order chi connectivity index (χ0) is 19.1. The molecular formula is C24H32N2O2. The van der Waals surface area contributed by atoms with Crippen LogP contribution >= 0.6 is 0 Å². The summed E-state index contributed by atoms with van der Waals surface area (Å²) in [6.45, 7) is 0.561. The first kappa shape index (κ1) is 18.2. The lowest BCUT2D eigenvalue weighted by Gasteiger charge is -2.55. The van der Waals surface area contributed by atoms with E-state index < -0.39 is 0 Å². The minimum absolute atomic E-state index is 0.0241. The number of amides is 2. The molecule has 0 spiro atoms. The van der Waals surface area contributed by atoms with Gasteiger partial charge in [-0.2, -0.15) is 0 Å². The Hall–Kier alpha value is -1.84. The van der Waals surface area contributed by atoms with Crippen molar-refractivity contribution >= 4 is 11.8 Å². The van der Waals surface area contributed by atoms with Crippen molar-refractivity contribution in [1.29, 1.82) is 0 Å². The van der Waals surface area contributed by atoms with Crippen molar-refractivity contribution in [1.82, 2.24) is 10.6 Å². The Labute approximate surface area is 167 Å². The van der Waals surface area contributed by atoms with Gasteiger partial charge in [-0.25, -0.2) is 0 Å². The van der Waals surface area contributed by atoms with Gasteiger partial charge in [0.25, 0.3) is 5.91 Å². The molecule has 28 heavy (non-hydrogen) atoms. The van der Waals surface area contributed by atoms with Crippen molar-refractivity contribution in [3.05, 3.63) is 35.4 Å². The van der Waals surface area contributed by atoms with E-state index in [0.717, 1.165) is 55.4 Å². The highest BCUT2D eigenvalue weighted by Crippen LogP contribution is 2.60. The van der Waals surface area contributed by atoms with Gasteiger partial charge >= 0.3 is 0 Å². The Morgan fingerprint density at radius 1 is 0.893 bits per heavy atom. The summed E-state index contributed by atoms with van der Waals surface area (Å²) in [5.74, 6) is 2.66. The van der Waals surface area contributed by atoms with E-state index in [4.69, 9.17) is 0 Å². The molecule has 5 fully saturated rings. The molecule has 5 saturated carbocycles. The van der Waals surface area contributed by atoms with Crippen molar-refractivity contribution in [3.63, 3.8) is 0 Å². The average Bonchev–Trinajstić information content (AvgIpc) is 3.18. The number of hydrogen-bond acceptors (Lipinski definition) is 2. The molecule has 4 heteroatoms. The zero-order valence-electron chi connectivity index (χ0n) is 16.7. The highest BCUT2D eigenvalue weighted by molar-refractivity contribution is 5.94. The van der Waals surface area contributed by atoms with E-state index >= 15 is 0 Å². The van der Waals surface area contributed by atoms with E-state index in [2.05, 4.69) is 10.6 Å². The lowest BCUT2D eigenvalue weighted by atomic mass is 9.49. The minimum Gasteiger partial charge on any atom is -0.352 e. The number of carbonyl (C=O) groups excluding carboxylic acids is 2. The van der Waals surface area contributed by atoms with Gasteiger partial charge in [-0.05, 0) is 86.8 Å². The van der Waals surface area contributed by atoms with Gasteiger partial charge in [0.05, 0.1) is 0 Å². The van der Waals surface area contributed by atoms with Crippen LogP contribution in [0.1, 0.15) is 80.1 Å². The predicted molar refractivity (Wildman–Crippen MR) is 109 cm³/mol. The van der Waals surface area contributed by atoms with Crippen LogP contribution in [0.25, 0.3) is 0 Å². The standard InChI is InChI=1S/C24H32N2O2/c27-22(26-21-3-1-2-4-21)20-7-5-16(6-8-20)15-25-23(28)24-12-17-9-18(13-24)11-19(10-17)14-24/h5-8,17-19,21H,1-4,9-15H2,(H,25,28)(H,26,27). The van der Waals surface area contributed by atoms with Crippen LogP contribution in [-0.2, 0) is 11.3 Å². The van der Waals surface area contributed by atoms with E-state index in [1.165, 1.54) is 32.1 Å². The van der Waals surface area contributed by atoms with Gasteiger partial charge in [-0.15, -0.1) is 0 Å². The van der Waals surface area contributed by atoms with Crippen molar-refractivity contribution in [2.24, 2.45) is 23.2 Å². The molecule has 2 N–H and O–H groups in total. The molecule has 0 atom stereocenters. The van der Waals surface area contributed by atoms with Crippen molar-refractivity contribution in [2.75, 3.05) is 0 Å². The van der Waals surface area contributed by atoms with Crippen LogP contribution in [-0.4, -0.2) is 17.9 Å². The third-order valence-electron chi connectivity index (χ3n) is 7.88. The zero-order valence-corrected chi connectivity index (χ0v) is 16.7. The van der Waals surface area contributed by atoms with Gasteiger partial charge in [0.1, 0.15) is 0 Å². The molecule has 0 aromatic heterocycles. The summed E-state index contributed by atoms with van der Waals surface area (Å²) < 4.78 is 0. The van der Waals surface area contributed by atoms with E-state index in [0.29, 0.717) is 18.2 Å². The topological polar surface area (TPSA) is 58.2 Å². The van der Waals surface area contributed by atoms with Crippen LogP contribution in [0.4, 0.5) is 0 Å². The van der Waals surface area contributed by atoms with Gasteiger partial charge in [0.15, 0.2) is 0 Å².